The van der Waals surface area contributed by atoms with E-state index in [0.717, 1.165) is 12.8 Å². The van der Waals surface area contributed by atoms with Crippen LogP contribution < -0.4 is 5.32 Å². The van der Waals surface area contributed by atoms with Crippen molar-refractivity contribution in [1.29, 1.82) is 0 Å². The Balaban J connectivity index is 1.44. The standard InChI is InChI=1S/C26H21ClN2O5/c27-18-10-12-20(26(33)34)22(15-18)28-23(30)17-9-11-19-21(14-17)25(32)29(24(19)31)13-5-4-8-16-6-2-1-3-7-16/h1-3,6-7,9-12,14-15H,4-5,8,13H2,(H,28,30)(H,33,34). The second-order valence-corrected chi connectivity index (χ2v) is 8.35. The molecule has 0 atom stereocenters. The van der Waals surface area contributed by atoms with Gasteiger partial charge in [-0.2, -0.15) is 0 Å². The minimum Gasteiger partial charge on any atom is -0.478 e. The molecule has 0 saturated heterocycles. The molecule has 3 amide bonds. The highest BCUT2D eigenvalue weighted by atomic mass is 35.5. The fourth-order valence-corrected chi connectivity index (χ4v) is 4.05. The zero-order valence-electron chi connectivity index (χ0n) is 18.1. The Bertz CT molecular complexity index is 1290. The molecule has 0 bridgehead atoms. The number of aromatic carboxylic acids is 1. The first-order valence-electron chi connectivity index (χ1n) is 10.7. The minimum absolute atomic E-state index is 0.0351. The maximum atomic E-state index is 12.9. The summed E-state index contributed by atoms with van der Waals surface area (Å²) in [5.74, 6) is -2.66. The Morgan fingerprint density at radius 2 is 1.62 bits per heavy atom. The van der Waals surface area contributed by atoms with Gasteiger partial charge in [0, 0.05) is 17.1 Å². The van der Waals surface area contributed by atoms with Crippen molar-refractivity contribution in [3.05, 3.63) is 99.6 Å². The number of nitrogens with zero attached hydrogens (tertiary/aromatic N) is 1. The first-order valence-corrected chi connectivity index (χ1v) is 11.1. The molecule has 0 unspecified atom stereocenters. The molecule has 8 heteroatoms. The van der Waals surface area contributed by atoms with Crippen LogP contribution in [0.1, 0.15) is 59.8 Å². The molecule has 1 aliphatic heterocycles. The van der Waals surface area contributed by atoms with E-state index in [1.54, 1.807) is 0 Å². The number of unbranched alkanes of at least 4 members (excludes halogenated alkanes) is 1. The summed E-state index contributed by atoms with van der Waals surface area (Å²) in [6.45, 7) is 0.297. The SMILES string of the molecule is O=C(Nc1cc(Cl)ccc1C(=O)O)c1ccc2c(c1)C(=O)N(CCCCc1ccccc1)C2=O. The van der Waals surface area contributed by atoms with Gasteiger partial charge in [0.25, 0.3) is 17.7 Å². The summed E-state index contributed by atoms with van der Waals surface area (Å²) >= 11 is 5.93. The number of rotatable bonds is 8. The van der Waals surface area contributed by atoms with Crippen LogP contribution in [0.25, 0.3) is 0 Å². The number of halogens is 1. The van der Waals surface area contributed by atoms with Gasteiger partial charge >= 0.3 is 5.97 Å². The van der Waals surface area contributed by atoms with Gasteiger partial charge in [0.15, 0.2) is 0 Å². The highest BCUT2D eigenvalue weighted by molar-refractivity contribution is 6.31. The van der Waals surface area contributed by atoms with E-state index in [-0.39, 0.29) is 38.9 Å². The van der Waals surface area contributed by atoms with Gasteiger partial charge in [-0.15, -0.1) is 0 Å². The Hall–Kier alpha value is -3.97. The number of anilines is 1. The van der Waals surface area contributed by atoms with Crippen LogP contribution in [0.5, 0.6) is 0 Å². The summed E-state index contributed by atoms with van der Waals surface area (Å²) in [5.41, 5.74) is 1.65. The molecule has 3 aromatic carbocycles. The Kier molecular flexibility index (Phi) is 6.75. The van der Waals surface area contributed by atoms with E-state index >= 15 is 0 Å². The van der Waals surface area contributed by atoms with Crippen molar-refractivity contribution in [3.63, 3.8) is 0 Å². The maximum Gasteiger partial charge on any atom is 0.337 e. The van der Waals surface area contributed by atoms with E-state index in [0.29, 0.717) is 13.0 Å². The van der Waals surface area contributed by atoms with Gasteiger partial charge in [0.05, 0.1) is 22.4 Å². The van der Waals surface area contributed by atoms with Gasteiger partial charge in [-0.1, -0.05) is 41.9 Å². The van der Waals surface area contributed by atoms with Crippen LogP contribution in [-0.4, -0.2) is 40.2 Å². The highest BCUT2D eigenvalue weighted by Crippen LogP contribution is 2.26. The molecular formula is C26H21ClN2O5. The van der Waals surface area contributed by atoms with Crippen molar-refractivity contribution in [2.24, 2.45) is 0 Å². The van der Waals surface area contributed by atoms with Crippen molar-refractivity contribution in [2.75, 3.05) is 11.9 Å². The maximum absolute atomic E-state index is 12.9. The number of carbonyl (C=O) groups excluding carboxylic acids is 3. The van der Waals surface area contributed by atoms with Crippen LogP contribution in [0.2, 0.25) is 5.02 Å². The molecule has 3 aromatic rings. The van der Waals surface area contributed by atoms with Crippen LogP contribution in [0, 0.1) is 0 Å². The lowest BCUT2D eigenvalue weighted by Gasteiger charge is -2.13. The topological polar surface area (TPSA) is 104 Å². The van der Waals surface area contributed by atoms with Crippen LogP contribution in [0.15, 0.2) is 66.7 Å². The van der Waals surface area contributed by atoms with Crippen molar-refractivity contribution < 1.29 is 24.3 Å². The number of nitrogens with one attached hydrogen (secondary N) is 1. The highest BCUT2D eigenvalue weighted by Gasteiger charge is 2.35. The Labute approximate surface area is 201 Å². The molecule has 2 N–H and O–H groups in total. The lowest BCUT2D eigenvalue weighted by molar-refractivity contribution is 0.0648. The molecule has 172 valence electrons. The van der Waals surface area contributed by atoms with Gasteiger partial charge in [-0.3, -0.25) is 19.3 Å². The molecular weight excluding hydrogens is 456 g/mol. The van der Waals surface area contributed by atoms with Gasteiger partial charge in [-0.05, 0) is 61.2 Å². The monoisotopic (exact) mass is 476 g/mol. The summed E-state index contributed by atoms with van der Waals surface area (Å²) < 4.78 is 0. The first-order chi connectivity index (χ1) is 16.3. The molecule has 1 heterocycles. The second kappa shape index (κ2) is 9.89. The predicted octanol–water partition coefficient (Wildman–Crippen LogP) is 4.91. The van der Waals surface area contributed by atoms with Crippen molar-refractivity contribution >= 4 is 41.0 Å². The second-order valence-electron chi connectivity index (χ2n) is 7.91. The number of aryl methyl sites for hydroxylation is 1. The van der Waals surface area contributed by atoms with Gasteiger partial charge < -0.3 is 10.4 Å². The van der Waals surface area contributed by atoms with E-state index in [2.05, 4.69) is 5.32 Å². The number of carboxylic acid groups (broad SMARTS) is 1. The normalized spacial score (nSPS) is 12.6. The van der Waals surface area contributed by atoms with Crippen molar-refractivity contribution in [3.8, 4) is 0 Å². The molecule has 0 aliphatic carbocycles. The summed E-state index contributed by atoms with van der Waals surface area (Å²) in [6.07, 6.45) is 2.35. The molecule has 0 fully saturated rings. The van der Waals surface area contributed by atoms with Gasteiger partial charge in [0.2, 0.25) is 0 Å². The van der Waals surface area contributed by atoms with Gasteiger partial charge in [-0.25, -0.2) is 4.79 Å². The van der Waals surface area contributed by atoms with Crippen LogP contribution >= 0.6 is 11.6 Å². The smallest absolute Gasteiger partial charge is 0.337 e. The lowest BCUT2D eigenvalue weighted by atomic mass is 10.0. The van der Waals surface area contributed by atoms with E-state index in [9.17, 15) is 24.3 Å². The van der Waals surface area contributed by atoms with E-state index in [1.807, 2.05) is 30.3 Å². The number of imide groups is 1. The molecule has 0 saturated carbocycles. The van der Waals surface area contributed by atoms with Gasteiger partial charge in [0.1, 0.15) is 0 Å². The van der Waals surface area contributed by atoms with Crippen molar-refractivity contribution in [2.45, 2.75) is 19.3 Å². The molecule has 34 heavy (non-hydrogen) atoms. The zero-order chi connectivity index (χ0) is 24.2. The van der Waals surface area contributed by atoms with E-state index in [1.165, 1.54) is 46.9 Å². The van der Waals surface area contributed by atoms with E-state index in [4.69, 9.17) is 11.6 Å². The number of benzene rings is 3. The number of fused-ring (bicyclic) bond motifs is 1. The number of carboxylic acids is 1. The van der Waals surface area contributed by atoms with Crippen LogP contribution in [0.3, 0.4) is 0 Å². The Morgan fingerprint density at radius 3 is 2.35 bits per heavy atom. The fraction of sp³-hybridized carbons (Fsp3) is 0.154. The molecule has 0 radical (unpaired) electrons. The fourth-order valence-electron chi connectivity index (χ4n) is 3.88. The molecule has 7 nitrogen and oxygen atoms in total. The quantitative estimate of drug-likeness (QED) is 0.355. The molecule has 0 spiro atoms. The lowest BCUT2D eigenvalue weighted by Crippen LogP contribution is -2.30. The van der Waals surface area contributed by atoms with E-state index < -0.39 is 17.8 Å². The Morgan fingerprint density at radius 1 is 0.882 bits per heavy atom. The number of hydrogen-bond acceptors (Lipinski definition) is 4. The minimum atomic E-state index is -1.22. The average molecular weight is 477 g/mol. The first kappa shape index (κ1) is 23.2. The summed E-state index contributed by atoms with van der Waals surface area (Å²) in [4.78, 5) is 51.0. The number of carbonyl (C=O) groups is 4. The third-order valence-corrected chi connectivity index (χ3v) is 5.87. The van der Waals surface area contributed by atoms with Crippen LogP contribution in [0.4, 0.5) is 5.69 Å². The number of hydrogen-bond donors (Lipinski definition) is 2. The summed E-state index contributed by atoms with van der Waals surface area (Å²) in [5, 5.41) is 12.1. The summed E-state index contributed by atoms with van der Waals surface area (Å²) in [7, 11) is 0. The third kappa shape index (κ3) is 4.84. The van der Waals surface area contributed by atoms with Crippen molar-refractivity contribution in [1.82, 2.24) is 4.90 Å². The largest absolute Gasteiger partial charge is 0.478 e. The molecule has 1 aliphatic rings. The number of amides is 3. The predicted molar refractivity (Wildman–Crippen MR) is 128 cm³/mol. The zero-order valence-corrected chi connectivity index (χ0v) is 18.8. The van der Waals surface area contributed by atoms with Crippen LogP contribution in [-0.2, 0) is 6.42 Å². The molecule has 4 rings (SSSR count). The summed E-state index contributed by atoms with van der Waals surface area (Å²) in [6, 6.07) is 18.3. The third-order valence-electron chi connectivity index (χ3n) is 5.63. The molecule has 0 aromatic heterocycles. The average Bonchev–Trinajstić information content (AvgIpc) is 3.06.